The van der Waals surface area contributed by atoms with Gasteiger partial charge >= 0.3 is 0 Å². The van der Waals surface area contributed by atoms with Crippen molar-refractivity contribution < 1.29 is 14.5 Å². The summed E-state index contributed by atoms with van der Waals surface area (Å²) >= 11 is 0. The van der Waals surface area contributed by atoms with Crippen molar-refractivity contribution in [2.75, 3.05) is 13.2 Å². The zero-order valence-corrected chi connectivity index (χ0v) is 11.0. The molecule has 0 unspecified atom stereocenters. The molecule has 6 heteroatoms. The second-order valence-electron chi connectivity index (χ2n) is 4.53. The molecule has 1 atom stereocenters. The number of benzene rings is 1. The number of carbonyl (C=O) groups excluding carboxylic acids is 1. The number of rotatable bonds is 5. The van der Waals surface area contributed by atoms with Crippen LogP contribution in [-0.2, 0) is 9.53 Å². The van der Waals surface area contributed by atoms with E-state index in [2.05, 4.69) is 5.32 Å². The lowest BCUT2D eigenvalue weighted by Crippen LogP contribution is -2.30. The lowest BCUT2D eigenvalue weighted by molar-refractivity contribution is -0.385. The summed E-state index contributed by atoms with van der Waals surface area (Å²) in [4.78, 5) is 22.0. The van der Waals surface area contributed by atoms with Gasteiger partial charge in [-0.3, -0.25) is 14.9 Å². The van der Waals surface area contributed by atoms with Crippen LogP contribution in [-0.4, -0.2) is 30.1 Å². The average molecular weight is 276 g/mol. The summed E-state index contributed by atoms with van der Waals surface area (Å²) in [6.45, 7) is 1.21. The Morgan fingerprint density at radius 2 is 2.30 bits per heavy atom. The van der Waals surface area contributed by atoms with Gasteiger partial charge in [-0.1, -0.05) is 12.1 Å². The van der Waals surface area contributed by atoms with Crippen LogP contribution in [0.15, 0.2) is 30.3 Å². The van der Waals surface area contributed by atoms with Gasteiger partial charge in [0.2, 0.25) is 5.91 Å². The molecule has 0 bridgehead atoms. The third-order valence-electron chi connectivity index (χ3n) is 3.08. The van der Waals surface area contributed by atoms with Crippen molar-refractivity contribution in [3.8, 4) is 0 Å². The number of nitrogens with one attached hydrogen (secondary N) is 1. The predicted octanol–water partition coefficient (Wildman–Crippen LogP) is 1.90. The molecule has 20 heavy (non-hydrogen) atoms. The van der Waals surface area contributed by atoms with Crippen molar-refractivity contribution in [1.82, 2.24) is 5.32 Å². The smallest absolute Gasteiger partial charge is 0.276 e. The molecule has 1 aromatic carbocycles. The Morgan fingerprint density at radius 1 is 1.50 bits per heavy atom. The van der Waals surface area contributed by atoms with Crippen LogP contribution in [0.4, 0.5) is 5.69 Å². The molecule has 1 saturated heterocycles. The predicted molar refractivity (Wildman–Crippen MR) is 74.1 cm³/mol. The maximum Gasteiger partial charge on any atom is 0.276 e. The molecule has 1 amide bonds. The van der Waals surface area contributed by atoms with E-state index in [1.54, 1.807) is 18.2 Å². The molecule has 1 aliphatic rings. The Morgan fingerprint density at radius 3 is 3.00 bits per heavy atom. The first-order valence-corrected chi connectivity index (χ1v) is 6.48. The van der Waals surface area contributed by atoms with Crippen LogP contribution in [0.2, 0.25) is 0 Å². The Bertz CT molecular complexity index is 522. The first kappa shape index (κ1) is 14.2. The fourth-order valence-electron chi connectivity index (χ4n) is 2.04. The molecule has 0 radical (unpaired) electrons. The van der Waals surface area contributed by atoms with E-state index < -0.39 is 4.92 Å². The zero-order valence-electron chi connectivity index (χ0n) is 11.0. The summed E-state index contributed by atoms with van der Waals surface area (Å²) < 4.78 is 5.39. The number of nitro groups is 1. The largest absolute Gasteiger partial charge is 0.376 e. The number of carbonyl (C=O) groups is 1. The molecule has 0 spiro atoms. The van der Waals surface area contributed by atoms with Crippen LogP contribution in [0.25, 0.3) is 6.08 Å². The van der Waals surface area contributed by atoms with E-state index in [1.807, 2.05) is 0 Å². The number of hydrogen-bond acceptors (Lipinski definition) is 4. The highest BCUT2D eigenvalue weighted by Crippen LogP contribution is 2.18. The van der Waals surface area contributed by atoms with E-state index >= 15 is 0 Å². The van der Waals surface area contributed by atoms with Crippen LogP contribution in [0.1, 0.15) is 18.4 Å². The fraction of sp³-hybridized carbons (Fsp3) is 0.357. The van der Waals surface area contributed by atoms with Crippen molar-refractivity contribution in [2.45, 2.75) is 18.9 Å². The van der Waals surface area contributed by atoms with E-state index in [1.165, 1.54) is 18.2 Å². The normalized spacial score (nSPS) is 18.3. The van der Waals surface area contributed by atoms with Gasteiger partial charge in [-0.05, 0) is 25.0 Å². The van der Waals surface area contributed by atoms with Gasteiger partial charge in [0, 0.05) is 25.3 Å². The first-order chi connectivity index (χ1) is 9.66. The fourth-order valence-corrected chi connectivity index (χ4v) is 2.04. The summed E-state index contributed by atoms with van der Waals surface area (Å²) in [5, 5.41) is 13.5. The average Bonchev–Trinajstić information content (AvgIpc) is 2.96. The lowest BCUT2D eigenvalue weighted by atomic mass is 10.1. The number of para-hydroxylation sites is 1. The zero-order chi connectivity index (χ0) is 14.4. The van der Waals surface area contributed by atoms with Crippen molar-refractivity contribution in [1.29, 1.82) is 0 Å². The van der Waals surface area contributed by atoms with Gasteiger partial charge in [-0.15, -0.1) is 0 Å². The maximum atomic E-state index is 11.6. The third kappa shape index (κ3) is 3.89. The van der Waals surface area contributed by atoms with Crippen molar-refractivity contribution in [3.05, 3.63) is 46.0 Å². The Hall–Kier alpha value is -2.21. The van der Waals surface area contributed by atoms with Gasteiger partial charge in [0.25, 0.3) is 5.69 Å². The molecule has 0 saturated carbocycles. The molecule has 1 aliphatic heterocycles. The molecule has 1 fully saturated rings. The van der Waals surface area contributed by atoms with Crippen LogP contribution < -0.4 is 5.32 Å². The minimum atomic E-state index is -0.468. The molecular weight excluding hydrogens is 260 g/mol. The maximum absolute atomic E-state index is 11.6. The molecular formula is C14H16N2O4. The number of nitrogens with zero attached hydrogens (tertiary/aromatic N) is 1. The molecule has 0 aliphatic carbocycles. The highest BCUT2D eigenvalue weighted by Gasteiger charge is 2.15. The summed E-state index contributed by atoms with van der Waals surface area (Å²) in [6.07, 6.45) is 4.81. The second-order valence-corrected chi connectivity index (χ2v) is 4.53. The summed E-state index contributed by atoms with van der Waals surface area (Å²) in [7, 11) is 0. The van der Waals surface area contributed by atoms with E-state index in [0.29, 0.717) is 12.1 Å². The molecule has 0 aromatic heterocycles. The summed E-state index contributed by atoms with van der Waals surface area (Å²) in [5.74, 6) is -0.279. The monoisotopic (exact) mass is 276 g/mol. The highest BCUT2D eigenvalue weighted by molar-refractivity contribution is 5.92. The Balaban J connectivity index is 1.91. The molecule has 1 N–H and O–H groups in total. The van der Waals surface area contributed by atoms with Crippen LogP contribution >= 0.6 is 0 Å². The minimum Gasteiger partial charge on any atom is -0.376 e. The van der Waals surface area contributed by atoms with Gasteiger partial charge in [0.05, 0.1) is 16.6 Å². The summed E-state index contributed by atoms with van der Waals surface area (Å²) in [5.41, 5.74) is 0.389. The van der Waals surface area contributed by atoms with E-state index in [4.69, 9.17) is 4.74 Å². The molecule has 2 rings (SSSR count). The molecule has 106 valence electrons. The van der Waals surface area contributed by atoms with Crippen molar-refractivity contribution in [3.63, 3.8) is 0 Å². The van der Waals surface area contributed by atoms with E-state index in [-0.39, 0.29) is 17.7 Å². The number of hydrogen-bond donors (Lipinski definition) is 1. The van der Waals surface area contributed by atoms with Gasteiger partial charge in [-0.2, -0.15) is 0 Å². The second kappa shape index (κ2) is 6.81. The first-order valence-electron chi connectivity index (χ1n) is 6.48. The quantitative estimate of drug-likeness (QED) is 0.506. The lowest BCUT2D eigenvalue weighted by Gasteiger charge is -2.08. The van der Waals surface area contributed by atoms with Crippen LogP contribution in [0.5, 0.6) is 0 Å². The molecule has 6 nitrogen and oxygen atoms in total. The van der Waals surface area contributed by atoms with E-state index in [9.17, 15) is 14.9 Å². The highest BCUT2D eigenvalue weighted by atomic mass is 16.6. The number of ether oxygens (including phenoxy) is 1. The van der Waals surface area contributed by atoms with Gasteiger partial charge in [0.1, 0.15) is 0 Å². The standard InChI is InChI=1S/C14H16N2O4/c17-14(15-10-12-5-3-9-20-12)8-7-11-4-1-2-6-13(11)16(18)19/h1-2,4,6-8,12H,3,5,9-10H2,(H,15,17)/b8-7+/t12-/m0/s1. The molecule has 1 heterocycles. The Kier molecular flexibility index (Phi) is 4.84. The minimum absolute atomic E-state index is 0.0179. The van der Waals surface area contributed by atoms with Crippen molar-refractivity contribution in [2.24, 2.45) is 0 Å². The van der Waals surface area contributed by atoms with E-state index in [0.717, 1.165) is 19.4 Å². The van der Waals surface area contributed by atoms with Crippen molar-refractivity contribution >= 4 is 17.7 Å². The number of amides is 1. The van der Waals surface area contributed by atoms with Gasteiger partial charge in [0.15, 0.2) is 0 Å². The van der Waals surface area contributed by atoms with Gasteiger partial charge < -0.3 is 10.1 Å². The molecule has 1 aromatic rings. The van der Waals surface area contributed by atoms with Gasteiger partial charge in [-0.25, -0.2) is 0 Å². The Labute approximate surface area is 116 Å². The summed E-state index contributed by atoms with van der Waals surface area (Å²) in [6, 6.07) is 6.29. The third-order valence-corrected chi connectivity index (χ3v) is 3.08. The topological polar surface area (TPSA) is 81.5 Å². The number of nitro benzene ring substituents is 1. The van der Waals surface area contributed by atoms with Crippen LogP contribution in [0.3, 0.4) is 0 Å². The SMILES string of the molecule is O=C(/C=C/c1ccccc1[N+](=O)[O-])NC[C@@H]1CCCO1. The van der Waals surface area contributed by atoms with Crippen LogP contribution in [0, 0.1) is 10.1 Å².